The van der Waals surface area contributed by atoms with Gasteiger partial charge in [-0.2, -0.15) is 0 Å². The molecule has 0 amide bonds. The molecule has 0 radical (unpaired) electrons. The van der Waals surface area contributed by atoms with E-state index in [1.54, 1.807) is 12.1 Å². The minimum Gasteiger partial charge on any atom is -0.298 e. The molecule has 0 saturated carbocycles. The molecule has 0 fully saturated rings. The number of rotatable bonds is 2. The van der Waals surface area contributed by atoms with Gasteiger partial charge in [0.25, 0.3) is 0 Å². The molecule has 0 N–H and O–H groups in total. The van der Waals surface area contributed by atoms with Crippen molar-refractivity contribution in [1.82, 2.24) is 0 Å². The van der Waals surface area contributed by atoms with E-state index in [0.717, 1.165) is 11.8 Å². The summed E-state index contributed by atoms with van der Waals surface area (Å²) in [6, 6.07) is 9.65. The van der Waals surface area contributed by atoms with Crippen molar-refractivity contribution in [2.45, 2.75) is 6.92 Å². The van der Waals surface area contributed by atoms with E-state index in [1.165, 1.54) is 12.1 Å². The molecule has 17 heavy (non-hydrogen) atoms. The minimum absolute atomic E-state index is 0.318. The Hall–Kier alpha value is -1.67. The predicted molar refractivity (Wildman–Crippen MR) is 67.0 cm³/mol. The summed E-state index contributed by atoms with van der Waals surface area (Å²) in [5.41, 5.74) is 2.84. The molecule has 0 aliphatic carbocycles. The van der Waals surface area contributed by atoms with Crippen molar-refractivity contribution in [3.63, 3.8) is 0 Å². The molecule has 0 spiro atoms. The van der Waals surface area contributed by atoms with E-state index in [2.05, 4.69) is 0 Å². The van der Waals surface area contributed by atoms with Crippen LogP contribution in [0.15, 0.2) is 36.4 Å². The zero-order chi connectivity index (χ0) is 12.4. The molecule has 2 rings (SSSR count). The smallest absolute Gasteiger partial charge is 0.150 e. The zero-order valence-corrected chi connectivity index (χ0v) is 9.96. The Kier molecular flexibility index (Phi) is 3.25. The molecule has 2 aromatic carbocycles. The molecule has 0 aromatic heterocycles. The molecule has 0 aliphatic heterocycles. The summed E-state index contributed by atoms with van der Waals surface area (Å²) in [6.07, 6.45) is 0.758. The van der Waals surface area contributed by atoms with Crippen molar-refractivity contribution in [2.75, 3.05) is 0 Å². The lowest BCUT2D eigenvalue weighted by atomic mass is 9.98. The maximum Gasteiger partial charge on any atom is 0.150 e. The molecule has 3 heteroatoms. The molecule has 0 unspecified atom stereocenters. The Balaban J connectivity index is 2.66. The highest BCUT2D eigenvalue weighted by Gasteiger charge is 2.07. The van der Waals surface area contributed by atoms with Crippen LogP contribution >= 0.6 is 11.6 Å². The van der Waals surface area contributed by atoms with Crippen LogP contribution < -0.4 is 0 Å². The lowest BCUT2D eigenvalue weighted by Crippen LogP contribution is -1.90. The van der Waals surface area contributed by atoms with Gasteiger partial charge in [0, 0.05) is 10.6 Å². The molecule has 0 aliphatic rings. The zero-order valence-electron chi connectivity index (χ0n) is 9.21. The molecular formula is C14H10ClFO. The van der Waals surface area contributed by atoms with Gasteiger partial charge in [-0.05, 0) is 36.2 Å². The van der Waals surface area contributed by atoms with E-state index in [9.17, 15) is 9.18 Å². The Morgan fingerprint density at radius 2 is 1.94 bits per heavy atom. The highest BCUT2D eigenvalue weighted by atomic mass is 35.5. The van der Waals surface area contributed by atoms with Crippen molar-refractivity contribution >= 4 is 17.9 Å². The van der Waals surface area contributed by atoms with Crippen LogP contribution in [-0.4, -0.2) is 6.29 Å². The van der Waals surface area contributed by atoms with E-state index < -0.39 is 5.82 Å². The number of carbonyl (C=O) groups excluding carboxylic acids is 1. The van der Waals surface area contributed by atoms with Crippen LogP contribution in [0.1, 0.15) is 15.9 Å². The van der Waals surface area contributed by atoms with Gasteiger partial charge in [-0.15, -0.1) is 0 Å². The summed E-state index contributed by atoms with van der Waals surface area (Å²) in [4.78, 5) is 11.0. The third kappa shape index (κ3) is 2.53. The van der Waals surface area contributed by atoms with Gasteiger partial charge in [0.1, 0.15) is 5.82 Å². The summed E-state index contributed by atoms with van der Waals surface area (Å²) >= 11 is 5.81. The second-order valence-corrected chi connectivity index (χ2v) is 4.30. The first kappa shape index (κ1) is 11.8. The van der Waals surface area contributed by atoms with Gasteiger partial charge in [0.2, 0.25) is 0 Å². The van der Waals surface area contributed by atoms with Crippen LogP contribution in [-0.2, 0) is 0 Å². The van der Waals surface area contributed by atoms with Gasteiger partial charge in [-0.1, -0.05) is 35.4 Å². The monoisotopic (exact) mass is 248 g/mol. The van der Waals surface area contributed by atoms with Crippen molar-refractivity contribution in [3.8, 4) is 11.1 Å². The van der Waals surface area contributed by atoms with Crippen LogP contribution in [0.25, 0.3) is 11.1 Å². The first-order valence-electron chi connectivity index (χ1n) is 5.12. The lowest BCUT2D eigenvalue weighted by Gasteiger charge is -2.07. The van der Waals surface area contributed by atoms with Gasteiger partial charge >= 0.3 is 0 Å². The predicted octanol–water partition coefficient (Wildman–Crippen LogP) is 4.27. The highest BCUT2D eigenvalue weighted by Crippen LogP contribution is 2.27. The molecule has 0 bridgehead atoms. The average Bonchev–Trinajstić information content (AvgIpc) is 2.27. The molecule has 1 nitrogen and oxygen atoms in total. The summed E-state index contributed by atoms with van der Waals surface area (Å²) < 4.78 is 13.3. The minimum atomic E-state index is -0.411. The topological polar surface area (TPSA) is 17.1 Å². The highest BCUT2D eigenvalue weighted by molar-refractivity contribution is 6.30. The number of benzene rings is 2. The van der Waals surface area contributed by atoms with Crippen LogP contribution in [0.4, 0.5) is 4.39 Å². The van der Waals surface area contributed by atoms with Gasteiger partial charge in [0.15, 0.2) is 6.29 Å². The Bertz CT molecular complexity index is 558. The quantitative estimate of drug-likeness (QED) is 0.726. The van der Waals surface area contributed by atoms with Gasteiger partial charge in [-0.25, -0.2) is 4.39 Å². The van der Waals surface area contributed by atoms with Crippen molar-refractivity contribution in [3.05, 3.63) is 58.4 Å². The summed E-state index contributed by atoms with van der Waals surface area (Å²) in [6.45, 7) is 1.92. The molecule has 2 aromatic rings. The van der Waals surface area contributed by atoms with Crippen molar-refractivity contribution in [2.24, 2.45) is 0 Å². The van der Waals surface area contributed by atoms with Crippen molar-refractivity contribution in [1.29, 1.82) is 0 Å². The fourth-order valence-corrected chi connectivity index (χ4v) is 1.95. The van der Waals surface area contributed by atoms with E-state index in [-0.39, 0.29) is 0 Å². The summed E-state index contributed by atoms with van der Waals surface area (Å²) in [5.74, 6) is -0.411. The standard InChI is InChI=1S/C14H10ClFO/c1-9-2-3-10(8-17)14(4-9)11-5-12(15)7-13(16)6-11/h2-8H,1H3. The summed E-state index contributed by atoms with van der Waals surface area (Å²) in [7, 11) is 0. The largest absolute Gasteiger partial charge is 0.298 e. The molecule has 0 heterocycles. The lowest BCUT2D eigenvalue weighted by molar-refractivity contribution is 0.112. The van der Waals surface area contributed by atoms with E-state index in [0.29, 0.717) is 21.7 Å². The second-order valence-electron chi connectivity index (χ2n) is 3.87. The first-order chi connectivity index (χ1) is 8.10. The summed E-state index contributed by atoms with van der Waals surface area (Å²) in [5, 5.41) is 0.318. The number of carbonyl (C=O) groups is 1. The number of aldehydes is 1. The van der Waals surface area contributed by atoms with E-state index >= 15 is 0 Å². The Morgan fingerprint density at radius 3 is 2.59 bits per heavy atom. The van der Waals surface area contributed by atoms with Crippen LogP contribution in [0, 0.1) is 12.7 Å². The fraction of sp³-hybridized carbons (Fsp3) is 0.0714. The third-order valence-electron chi connectivity index (χ3n) is 2.51. The fourth-order valence-electron chi connectivity index (χ4n) is 1.73. The van der Waals surface area contributed by atoms with Crippen LogP contribution in [0.3, 0.4) is 0 Å². The maximum atomic E-state index is 13.3. The van der Waals surface area contributed by atoms with Crippen molar-refractivity contribution < 1.29 is 9.18 Å². The molecule has 0 saturated heterocycles. The van der Waals surface area contributed by atoms with Gasteiger partial charge < -0.3 is 0 Å². The maximum absolute atomic E-state index is 13.3. The van der Waals surface area contributed by atoms with Crippen LogP contribution in [0.5, 0.6) is 0 Å². The Labute approximate surface area is 104 Å². The molecule has 0 atom stereocenters. The number of hydrogen-bond acceptors (Lipinski definition) is 1. The van der Waals surface area contributed by atoms with Gasteiger partial charge in [0.05, 0.1) is 0 Å². The SMILES string of the molecule is Cc1ccc(C=O)c(-c2cc(F)cc(Cl)c2)c1. The first-order valence-corrected chi connectivity index (χ1v) is 5.50. The van der Waals surface area contributed by atoms with E-state index in [4.69, 9.17) is 11.6 Å². The normalized spacial score (nSPS) is 10.3. The van der Waals surface area contributed by atoms with Gasteiger partial charge in [-0.3, -0.25) is 4.79 Å². The number of halogens is 2. The molecular weight excluding hydrogens is 239 g/mol. The van der Waals surface area contributed by atoms with Crippen LogP contribution in [0.2, 0.25) is 5.02 Å². The second kappa shape index (κ2) is 4.68. The number of hydrogen-bond donors (Lipinski definition) is 0. The third-order valence-corrected chi connectivity index (χ3v) is 2.73. The Morgan fingerprint density at radius 1 is 1.18 bits per heavy atom. The number of aryl methyl sites for hydroxylation is 1. The van der Waals surface area contributed by atoms with E-state index in [1.807, 2.05) is 19.1 Å². The average molecular weight is 249 g/mol. The molecule has 86 valence electrons.